The summed E-state index contributed by atoms with van der Waals surface area (Å²) in [6.45, 7) is 2.35. The highest BCUT2D eigenvalue weighted by Crippen LogP contribution is 2.30. The molecule has 38 heavy (non-hydrogen) atoms. The van der Waals surface area contributed by atoms with Gasteiger partial charge >= 0.3 is 11.1 Å². The van der Waals surface area contributed by atoms with Crippen LogP contribution in [0.1, 0.15) is 25.0 Å². The predicted octanol–water partition coefficient (Wildman–Crippen LogP) is 6.13. The maximum atomic E-state index is 10.8. The zero-order chi connectivity index (χ0) is 26.6. The second-order valence-electron chi connectivity index (χ2n) is 9.60. The van der Waals surface area contributed by atoms with Gasteiger partial charge in [0.2, 0.25) is 0 Å². The minimum absolute atomic E-state index is 0.0179. The summed E-state index contributed by atoms with van der Waals surface area (Å²) in [5.41, 5.74) is 2.02. The third kappa shape index (κ3) is 6.40. The van der Waals surface area contributed by atoms with Crippen LogP contribution in [0, 0.1) is 16.0 Å². The SMILES string of the molecule is O=[N+]([O-])c1cn(CCC(O)COc2ccc(N3CCC(Cc4cc5cc(Cl)ccc5o4)CC3)cc2)c(Cl)n1. The first kappa shape index (κ1) is 26.3. The van der Waals surface area contributed by atoms with Gasteiger partial charge in [0, 0.05) is 42.2 Å². The van der Waals surface area contributed by atoms with Crippen molar-refractivity contribution in [2.45, 2.75) is 38.3 Å². The topological polar surface area (TPSA) is 107 Å². The fraction of sp³-hybridized carbons (Fsp3) is 0.370. The Hall–Kier alpha value is -3.27. The molecule has 0 aliphatic carbocycles. The van der Waals surface area contributed by atoms with E-state index in [9.17, 15) is 15.2 Å². The maximum Gasteiger partial charge on any atom is 0.383 e. The summed E-state index contributed by atoms with van der Waals surface area (Å²) in [6.07, 6.45) is 3.93. The van der Waals surface area contributed by atoms with Crippen molar-refractivity contribution in [1.82, 2.24) is 9.55 Å². The van der Waals surface area contributed by atoms with Gasteiger partial charge in [-0.2, -0.15) is 0 Å². The van der Waals surface area contributed by atoms with Crippen LogP contribution in [-0.2, 0) is 13.0 Å². The highest BCUT2D eigenvalue weighted by molar-refractivity contribution is 6.31. The molecular weight excluding hydrogens is 531 g/mol. The molecular formula is C27H28Cl2N4O5. The van der Waals surface area contributed by atoms with Crippen molar-refractivity contribution in [3.05, 3.63) is 80.9 Å². The lowest BCUT2D eigenvalue weighted by atomic mass is 9.92. The molecule has 5 rings (SSSR count). The monoisotopic (exact) mass is 558 g/mol. The molecule has 1 N–H and O–H groups in total. The molecule has 4 aromatic rings. The van der Waals surface area contributed by atoms with E-state index < -0.39 is 11.0 Å². The number of aromatic nitrogens is 2. The minimum atomic E-state index is -0.755. The molecule has 1 saturated heterocycles. The summed E-state index contributed by atoms with van der Waals surface area (Å²) in [6, 6.07) is 15.7. The zero-order valence-corrected chi connectivity index (χ0v) is 22.1. The average molecular weight is 559 g/mol. The van der Waals surface area contributed by atoms with E-state index in [1.54, 1.807) is 0 Å². The summed E-state index contributed by atoms with van der Waals surface area (Å²) < 4.78 is 13.2. The molecule has 11 heteroatoms. The van der Waals surface area contributed by atoms with E-state index in [0.29, 0.717) is 24.6 Å². The van der Waals surface area contributed by atoms with Crippen molar-refractivity contribution in [1.29, 1.82) is 0 Å². The number of furan rings is 1. The molecule has 9 nitrogen and oxygen atoms in total. The summed E-state index contributed by atoms with van der Waals surface area (Å²) in [4.78, 5) is 16.2. The number of piperidine rings is 1. The third-order valence-corrected chi connectivity index (χ3v) is 7.42. The van der Waals surface area contributed by atoms with Crippen LogP contribution in [0.5, 0.6) is 5.75 Å². The number of rotatable bonds is 10. The van der Waals surface area contributed by atoms with Gasteiger partial charge in [0.15, 0.2) is 0 Å². The number of nitro groups is 1. The molecule has 1 atom stereocenters. The largest absolute Gasteiger partial charge is 0.491 e. The smallest absolute Gasteiger partial charge is 0.383 e. The van der Waals surface area contributed by atoms with Crippen LogP contribution in [0.2, 0.25) is 10.3 Å². The highest BCUT2D eigenvalue weighted by atomic mass is 35.5. The fourth-order valence-electron chi connectivity index (χ4n) is 4.79. The number of hydrogen-bond donors (Lipinski definition) is 1. The molecule has 2 aromatic heterocycles. The van der Waals surface area contributed by atoms with Gasteiger partial charge < -0.3 is 29.3 Å². The lowest BCUT2D eigenvalue weighted by Gasteiger charge is -2.33. The normalized spacial score (nSPS) is 15.2. The molecule has 2 aromatic carbocycles. The summed E-state index contributed by atoms with van der Waals surface area (Å²) in [5, 5.41) is 22.9. The third-order valence-electron chi connectivity index (χ3n) is 6.88. The lowest BCUT2D eigenvalue weighted by molar-refractivity contribution is -0.389. The van der Waals surface area contributed by atoms with Crippen LogP contribution in [-0.4, -0.2) is 45.4 Å². The Bertz CT molecular complexity index is 1400. The second kappa shape index (κ2) is 11.6. The van der Waals surface area contributed by atoms with Gasteiger partial charge in [-0.25, -0.2) is 0 Å². The lowest BCUT2D eigenvalue weighted by Crippen LogP contribution is -2.34. The van der Waals surface area contributed by atoms with Crippen LogP contribution in [0.4, 0.5) is 11.5 Å². The van der Waals surface area contributed by atoms with Crippen molar-refractivity contribution in [2.75, 3.05) is 24.6 Å². The van der Waals surface area contributed by atoms with E-state index >= 15 is 0 Å². The number of fused-ring (bicyclic) bond motifs is 1. The van der Waals surface area contributed by atoms with E-state index in [1.807, 2.05) is 42.5 Å². The first-order chi connectivity index (χ1) is 18.3. The summed E-state index contributed by atoms with van der Waals surface area (Å²) in [7, 11) is 0. The Kier molecular flexibility index (Phi) is 8.06. The number of aliphatic hydroxyl groups is 1. The number of ether oxygens (including phenoxy) is 1. The molecule has 1 fully saturated rings. The van der Waals surface area contributed by atoms with Crippen molar-refractivity contribution in [3.63, 3.8) is 0 Å². The van der Waals surface area contributed by atoms with E-state index in [-0.39, 0.29) is 17.7 Å². The van der Waals surface area contributed by atoms with Crippen LogP contribution in [0.15, 0.2) is 59.1 Å². The first-order valence-electron chi connectivity index (χ1n) is 12.5. The number of imidazole rings is 1. The van der Waals surface area contributed by atoms with Crippen LogP contribution >= 0.6 is 23.2 Å². The molecule has 0 bridgehead atoms. The zero-order valence-electron chi connectivity index (χ0n) is 20.6. The van der Waals surface area contributed by atoms with E-state index in [1.165, 1.54) is 10.8 Å². The molecule has 1 aliphatic rings. The number of benzene rings is 2. The molecule has 0 saturated carbocycles. The van der Waals surface area contributed by atoms with E-state index in [2.05, 4.69) is 16.0 Å². The van der Waals surface area contributed by atoms with Gasteiger partial charge in [-0.15, -0.1) is 0 Å². The summed E-state index contributed by atoms with van der Waals surface area (Å²) >= 11 is 12.0. The molecule has 1 unspecified atom stereocenters. The Balaban J connectivity index is 1.05. The minimum Gasteiger partial charge on any atom is -0.491 e. The number of anilines is 1. The standard InChI is InChI=1S/C27H28Cl2N4O5/c28-20-1-6-25-19(14-20)15-24(38-25)13-18-7-10-31(11-8-18)21-2-4-23(5-3-21)37-17-22(34)9-12-32-16-26(33(35)36)30-27(32)29/h1-6,14-16,18,22,34H,7-13,17H2. The maximum absolute atomic E-state index is 10.8. The second-order valence-corrected chi connectivity index (χ2v) is 10.4. The quantitative estimate of drug-likeness (QED) is 0.184. The number of aliphatic hydroxyl groups excluding tert-OH is 1. The summed E-state index contributed by atoms with van der Waals surface area (Å²) in [5.74, 6) is 1.94. The van der Waals surface area contributed by atoms with Crippen molar-refractivity contribution < 1.29 is 19.2 Å². The Morgan fingerprint density at radius 2 is 1.92 bits per heavy atom. The number of nitrogens with zero attached hydrogens (tertiary/aromatic N) is 4. The van der Waals surface area contributed by atoms with Crippen molar-refractivity contribution in [3.8, 4) is 5.75 Å². The fourth-order valence-corrected chi connectivity index (χ4v) is 5.19. The number of aryl methyl sites for hydroxylation is 1. The number of hydrogen-bond acceptors (Lipinski definition) is 7. The van der Waals surface area contributed by atoms with Gasteiger partial charge in [0.1, 0.15) is 29.9 Å². The predicted molar refractivity (Wildman–Crippen MR) is 146 cm³/mol. The van der Waals surface area contributed by atoms with Gasteiger partial charge in [-0.05, 0) is 95.2 Å². The van der Waals surface area contributed by atoms with Crippen molar-refractivity contribution in [2.24, 2.45) is 5.92 Å². The molecule has 200 valence electrons. The van der Waals surface area contributed by atoms with Gasteiger partial charge in [0.25, 0.3) is 0 Å². The molecule has 3 heterocycles. The van der Waals surface area contributed by atoms with Gasteiger partial charge in [-0.3, -0.25) is 4.57 Å². The van der Waals surface area contributed by atoms with E-state index in [0.717, 1.165) is 59.8 Å². The van der Waals surface area contributed by atoms with Crippen LogP contribution in [0.25, 0.3) is 11.0 Å². The first-order valence-corrected chi connectivity index (χ1v) is 13.3. The molecule has 0 radical (unpaired) electrons. The number of halogens is 2. The van der Waals surface area contributed by atoms with Crippen LogP contribution < -0.4 is 9.64 Å². The van der Waals surface area contributed by atoms with Crippen LogP contribution in [0.3, 0.4) is 0 Å². The Labute approximate surface area is 229 Å². The van der Waals surface area contributed by atoms with E-state index in [4.69, 9.17) is 32.4 Å². The molecule has 0 spiro atoms. The average Bonchev–Trinajstić information content (AvgIpc) is 3.49. The van der Waals surface area contributed by atoms with Crippen molar-refractivity contribution >= 4 is 45.7 Å². The Morgan fingerprint density at radius 3 is 2.63 bits per heavy atom. The molecule has 0 amide bonds. The molecule has 1 aliphatic heterocycles. The van der Waals surface area contributed by atoms with Gasteiger partial charge in [-0.1, -0.05) is 11.6 Å². The van der Waals surface area contributed by atoms with Gasteiger partial charge in [0.05, 0.1) is 6.10 Å². The highest BCUT2D eigenvalue weighted by Gasteiger charge is 2.22. The Morgan fingerprint density at radius 1 is 1.16 bits per heavy atom.